The van der Waals surface area contributed by atoms with Crippen LogP contribution in [0.5, 0.6) is 0 Å². The maximum absolute atomic E-state index is 11.2. The van der Waals surface area contributed by atoms with Gasteiger partial charge in [0, 0.05) is 6.08 Å². The van der Waals surface area contributed by atoms with Gasteiger partial charge in [0.1, 0.15) is 0 Å². The molecule has 0 atom stereocenters. The van der Waals surface area contributed by atoms with E-state index in [9.17, 15) is 4.79 Å². The predicted octanol–water partition coefficient (Wildman–Crippen LogP) is 4.65. The zero-order valence-electron chi connectivity index (χ0n) is 14.1. The molecule has 0 amide bonds. The van der Waals surface area contributed by atoms with E-state index in [2.05, 4.69) is 0 Å². The minimum absolute atomic E-state index is 0.276. The quantitative estimate of drug-likeness (QED) is 0.507. The van der Waals surface area contributed by atoms with Gasteiger partial charge in [0.15, 0.2) is 0 Å². The third kappa shape index (κ3) is 6.51. The molecule has 0 N–H and O–H groups in total. The van der Waals surface area contributed by atoms with Gasteiger partial charge in [-0.1, -0.05) is 38.2 Å². The summed E-state index contributed by atoms with van der Waals surface area (Å²) >= 11 is 0. The molecule has 3 nitrogen and oxygen atoms in total. The minimum Gasteiger partial charge on any atom is -0.463 e. The van der Waals surface area contributed by atoms with E-state index in [1.54, 1.807) is 6.08 Å². The number of esters is 1. The van der Waals surface area contributed by atoms with Gasteiger partial charge in [-0.25, -0.2) is 4.79 Å². The molecule has 0 aromatic rings. The summed E-state index contributed by atoms with van der Waals surface area (Å²) < 4.78 is 10.7. The summed E-state index contributed by atoms with van der Waals surface area (Å²) in [6.07, 6.45) is 17.4. The zero-order chi connectivity index (χ0) is 15.6. The van der Waals surface area contributed by atoms with Gasteiger partial charge in [0.05, 0.1) is 19.3 Å². The number of hydrogen-bond donors (Lipinski definition) is 0. The first kappa shape index (κ1) is 17.5. The molecule has 0 saturated heterocycles. The highest BCUT2D eigenvalue weighted by Crippen LogP contribution is 2.35. The fraction of sp³-hybridized carbons (Fsp3) is 0.842. The van der Waals surface area contributed by atoms with Crippen LogP contribution in [0.4, 0.5) is 0 Å². The van der Waals surface area contributed by atoms with E-state index in [-0.39, 0.29) is 5.97 Å². The molecule has 0 radical (unpaired) electrons. The smallest absolute Gasteiger partial charge is 0.330 e. The second-order valence-electron chi connectivity index (χ2n) is 6.87. The van der Waals surface area contributed by atoms with Crippen LogP contribution in [0.2, 0.25) is 0 Å². The highest BCUT2D eigenvalue weighted by molar-refractivity contribution is 5.81. The van der Waals surface area contributed by atoms with E-state index in [1.165, 1.54) is 70.3 Å². The van der Waals surface area contributed by atoms with Gasteiger partial charge in [0.25, 0.3) is 0 Å². The van der Waals surface area contributed by atoms with Crippen molar-refractivity contribution in [2.45, 2.75) is 77.2 Å². The lowest BCUT2D eigenvalue weighted by atomic mass is 9.77. The molecule has 2 saturated carbocycles. The number of ether oxygens (including phenoxy) is 2. The Kier molecular flexibility index (Phi) is 8.00. The highest BCUT2D eigenvalue weighted by Gasteiger charge is 2.24. The Morgan fingerprint density at radius 2 is 1.68 bits per heavy atom. The Morgan fingerprint density at radius 1 is 1.00 bits per heavy atom. The molecule has 2 fully saturated rings. The van der Waals surface area contributed by atoms with Crippen molar-refractivity contribution < 1.29 is 14.3 Å². The zero-order valence-corrected chi connectivity index (χ0v) is 14.1. The van der Waals surface area contributed by atoms with E-state index in [0.29, 0.717) is 19.3 Å². The predicted molar refractivity (Wildman–Crippen MR) is 88.7 cm³/mol. The van der Waals surface area contributed by atoms with Crippen LogP contribution in [0.15, 0.2) is 12.2 Å². The van der Waals surface area contributed by atoms with E-state index >= 15 is 0 Å². The summed E-state index contributed by atoms with van der Waals surface area (Å²) in [7, 11) is 0. The molecule has 0 spiro atoms. The Hall–Kier alpha value is -0.830. The lowest BCUT2D eigenvalue weighted by Crippen LogP contribution is -2.23. The average Bonchev–Trinajstić information content (AvgIpc) is 2.54. The maximum Gasteiger partial charge on any atom is 0.330 e. The van der Waals surface area contributed by atoms with Crippen molar-refractivity contribution in [2.75, 3.05) is 13.2 Å². The molecule has 0 unspecified atom stereocenters. The molecule has 0 aromatic heterocycles. The van der Waals surface area contributed by atoms with Crippen molar-refractivity contribution >= 4 is 5.97 Å². The van der Waals surface area contributed by atoms with Gasteiger partial charge in [0.2, 0.25) is 0 Å². The summed E-state index contributed by atoms with van der Waals surface area (Å²) in [5.41, 5.74) is 0. The van der Waals surface area contributed by atoms with Crippen LogP contribution in [-0.2, 0) is 14.3 Å². The van der Waals surface area contributed by atoms with Gasteiger partial charge in [-0.05, 0) is 50.9 Å². The number of carbonyl (C=O) groups excluding carboxylic acids is 1. The van der Waals surface area contributed by atoms with Crippen LogP contribution in [0.3, 0.4) is 0 Å². The monoisotopic (exact) mass is 308 g/mol. The van der Waals surface area contributed by atoms with Gasteiger partial charge in [-0.2, -0.15) is 0 Å². The van der Waals surface area contributed by atoms with Crippen LogP contribution in [0.1, 0.15) is 71.1 Å². The third-order valence-corrected chi connectivity index (χ3v) is 5.15. The lowest BCUT2D eigenvalue weighted by molar-refractivity contribution is -0.137. The summed E-state index contributed by atoms with van der Waals surface area (Å²) in [6, 6.07) is 0. The van der Waals surface area contributed by atoms with Gasteiger partial charge >= 0.3 is 5.97 Å². The number of hydrogen-bond acceptors (Lipinski definition) is 3. The Balaban J connectivity index is 1.56. The molecule has 22 heavy (non-hydrogen) atoms. The van der Waals surface area contributed by atoms with Crippen molar-refractivity contribution in [1.29, 1.82) is 0 Å². The van der Waals surface area contributed by atoms with Gasteiger partial charge in [-0.3, -0.25) is 0 Å². The van der Waals surface area contributed by atoms with Crippen LogP contribution in [0, 0.1) is 11.8 Å². The molecule has 2 aliphatic rings. The van der Waals surface area contributed by atoms with Crippen LogP contribution in [-0.4, -0.2) is 25.3 Å². The summed E-state index contributed by atoms with van der Waals surface area (Å²) in [5.74, 6) is 1.66. The number of rotatable bonds is 7. The van der Waals surface area contributed by atoms with Crippen molar-refractivity contribution in [2.24, 2.45) is 11.8 Å². The normalized spacial score (nSPS) is 27.1. The molecule has 2 rings (SSSR count). The third-order valence-electron chi connectivity index (χ3n) is 5.15. The summed E-state index contributed by atoms with van der Waals surface area (Å²) in [4.78, 5) is 11.2. The van der Waals surface area contributed by atoms with Gasteiger partial charge < -0.3 is 9.47 Å². The van der Waals surface area contributed by atoms with Crippen molar-refractivity contribution in [3.05, 3.63) is 12.2 Å². The van der Waals surface area contributed by atoms with E-state index < -0.39 is 0 Å². The highest BCUT2D eigenvalue weighted by atomic mass is 16.5. The summed E-state index contributed by atoms with van der Waals surface area (Å²) in [5, 5.41) is 0. The van der Waals surface area contributed by atoms with E-state index in [1.807, 2.05) is 6.92 Å². The molecule has 0 bridgehead atoms. The maximum atomic E-state index is 11.2. The first-order valence-corrected chi connectivity index (χ1v) is 9.22. The Labute approximate surface area is 135 Å². The minimum atomic E-state index is -0.276. The fourth-order valence-electron chi connectivity index (χ4n) is 3.95. The largest absolute Gasteiger partial charge is 0.463 e. The molecule has 0 aliphatic heterocycles. The molecular formula is C19H32O3. The molecule has 3 heteroatoms. The first-order chi connectivity index (χ1) is 10.8. The van der Waals surface area contributed by atoms with Crippen LogP contribution in [0.25, 0.3) is 0 Å². The van der Waals surface area contributed by atoms with Gasteiger partial charge in [-0.15, -0.1) is 0 Å². The van der Waals surface area contributed by atoms with Crippen LogP contribution >= 0.6 is 0 Å². The SMILES string of the molecule is CCOC(=O)C=CCOC1CCC(CC2CCCCC2)CC1. The summed E-state index contributed by atoms with van der Waals surface area (Å²) in [6.45, 7) is 2.76. The van der Waals surface area contributed by atoms with Crippen molar-refractivity contribution in [3.63, 3.8) is 0 Å². The molecule has 0 aromatic carbocycles. The van der Waals surface area contributed by atoms with E-state index in [4.69, 9.17) is 9.47 Å². The van der Waals surface area contributed by atoms with E-state index in [0.717, 1.165) is 11.8 Å². The second-order valence-corrected chi connectivity index (χ2v) is 6.87. The van der Waals surface area contributed by atoms with Crippen molar-refractivity contribution in [3.8, 4) is 0 Å². The van der Waals surface area contributed by atoms with Crippen LogP contribution < -0.4 is 0 Å². The second kappa shape index (κ2) is 10.0. The topological polar surface area (TPSA) is 35.5 Å². The lowest BCUT2D eigenvalue weighted by Gasteiger charge is -2.32. The first-order valence-electron chi connectivity index (χ1n) is 9.22. The average molecular weight is 308 g/mol. The standard InChI is InChI=1S/C19H32O3/c1-2-21-19(20)9-6-14-22-18-12-10-17(11-13-18)15-16-7-4-3-5-8-16/h6,9,16-18H,2-5,7-8,10-15H2,1H3. The molecule has 0 heterocycles. The molecular weight excluding hydrogens is 276 g/mol. The Morgan fingerprint density at radius 3 is 2.36 bits per heavy atom. The molecule has 2 aliphatic carbocycles. The Bertz CT molecular complexity index is 337. The number of carbonyl (C=O) groups is 1. The fourth-order valence-corrected chi connectivity index (χ4v) is 3.95. The molecule has 126 valence electrons. The van der Waals surface area contributed by atoms with Crippen molar-refractivity contribution in [1.82, 2.24) is 0 Å².